The average molecular weight is 228 g/mol. The zero-order valence-electron chi connectivity index (χ0n) is 11.7. The number of carbonyl (C=O) groups is 1. The van der Waals surface area contributed by atoms with E-state index in [0.29, 0.717) is 12.5 Å². The van der Waals surface area contributed by atoms with Crippen molar-refractivity contribution >= 4 is 5.91 Å². The summed E-state index contributed by atoms with van der Waals surface area (Å²) >= 11 is 0. The lowest BCUT2D eigenvalue weighted by atomic mass is 9.85. The number of carbonyl (C=O) groups excluding carboxylic acids is 1. The predicted molar refractivity (Wildman–Crippen MR) is 69.1 cm³/mol. The zero-order valence-corrected chi connectivity index (χ0v) is 11.7. The standard InChI is InChI=1S/C13H28N2O/c1-7-13(6,9-14)12(16)15(11(4)5)8-10(2)3/h10-11H,7-9,14H2,1-6H3. The van der Waals surface area contributed by atoms with Crippen LogP contribution in [0.1, 0.15) is 48.0 Å². The van der Waals surface area contributed by atoms with Gasteiger partial charge in [-0.3, -0.25) is 4.79 Å². The summed E-state index contributed by atoms with van der Waals surface area (Å²) < 4.78 is 0. The summed E-state index contributed by atoms with van der Waals surface area (Å²) in [6, 6.07) is 0.243. The van der Waals surface area contributed by atoms with E-state index in [9.17, 15) is 4.79 Å². The monoisotopic (exact) mass is 228 g/mol. The molecule has 0 saturated carbocycles. The third-order valence-electron chi connectivity index (χ3n) is 3.19. The summed E-state index contributed by atoms with van der Waals surface area (Å²) in [5.41, 5.74) is 5.34. The van der Waals surface area contributed by atoms with E-state index in [1.165, 1.54) is 0 Å². The van der Waals surface area contributed by atoms with Gasteiger partial charge in [-0.25, -0.2) is 0 Å². The molecule has 0 aliphatic heterocycles. The highest BCUT2D eigenvalue weighted by Crippen LogP contribution is 2.24. The minimum atomic E-state index is -0.404. The second kappa shape index (κ2) is 6.24. The van der Waals surface area contributed by atoms with Crippen molar-refractivity contribution in [2.45, 2.75) is 54.0 Å². The highest BCUT2D eigenvalue weighted by Gasteiger charge is 2.34. The molecule has 0 heterocycles. The van der Waals surface area contributed by atoms with Gasteiger partial charge in [-0.05, 0) is 33.1 Å². The smallest absolute Gasteiger partial charge is 0.230 e. The Morgan fingerprint density at radius 2 is 1.81 bits per heavy atom. The molecule has 0 saturated heterocycles. The maximum Gasteiger partial charge on any atom is 0.230 e. The molecule has 0 bridgehead atoms. The summed E-state index contributed by atoms with van der Waals surface area (Å²) in [7, 11) is 0. The molecule has 1 amide bonds. The highest BCUT2D eigenvalue weighted by molar-refractivity contribution is 5.82. The molecular weight excluding hydrogens is 200 g/mol. The number of nitrogens with two attached hydrogens (primary N) is 1. The first kappa shape index (κ1) is 15.4. The van der Waals surface area contributed by atoms with Gasteiger partial charge < -0.3 is 10.6 Å². The van der Waals surface area contributed by atoms with Crippen molar-refractivity contribution in [3.05, 3.63) is 0 Å². The van der Waals surface area contributed by atoms with Gasteiger partial charge >= 0.3 is 0 Å². The molecule has 0 aliphatic carbocycles. The highest BCUT2D eigenvalue weighted by atomic mass is 16.2. The third-order valence-corrected chi connectivity index (χ3v) is 3.19. The Balaban J connectivity index is 4.86. The number of amides is 1. The largest absolute Gasteiger partial charge is 0.340 e. The summed E-state index contributed by atoms with van der Waals surface area (Å²) in [5, 5.41) is 0. The minimum absolute atomic E-state index is 0.196. The summed E-state index contributed by atoms with van der Waals surface area (Å²) in [6.07, 6.45) is 0.795. The molecule has 3 nitrogen and oxygen atoms in total. The molecule has 1 atom stereocenters. The molecule has 0 fully saturated rings. The van der Waals surface area contributed by atoms with E-state index in [2.05, 4.69) is 27.7 Å². The molecule has 16 heavy (non-hydrogen) atoms. The second-order valence-electron chi connectivity index (χ2n) is 5.56. The number of rotatable bonds is 6. The van der Waals surface area contributed by atoms with Crippen molar-refractivity contribution in [3.63, 3.8) is 0 Å². The summed E-state index contributed by atoms with van der Waals surface area (Å²) in [4.78, 5) is 14.4. The van der Waals surface area contributed by atoms with E-state index < -0.39 is 5.41 Å². The summed E-state index contributed by atoms with van der Waals surface area (Å²) in [6.45, 7) is 13.6. The molecule has 2 N–H and O–H groups in total. The Bertz CT molecular complexity index is 220. The van der Waals surface area contributed by atoms with Crippen LogP contribution >= 0.6 is 0 Å². The van der Waals surface area contributed by atoms with E-state index in [1.807, 2.05) is 18.7 Å². The van der Waals surface area contributed by atoms with Crippen molar-refractivity contribution in [2.24, 2.45) is 17.1 Å². The molecule has 96 valence electrons. The van der Waals surface area contributed by atoms with Gasteiger partial charge in [0.25, 0.3) is 0 Å². The fraction of sp³-hybridized carbons (Fsp3) is 0.923. The van der Waals surface area contributed by atoms with Crippen molar-refractivity contribution in [1.82, 2.24) is 4.90 Å². The molecule has 0 rings (SSSR count). The lowest BCUT2D eigenvalue weighted by Crippen LogP contribution is -2.50. The first-order valence-corrected chi connectivity index (χ1v) is 6.29. The Hall–Kier alpha value is -0.570. The number of hydrogen-bond donors (Lipinski definition) is 1. The van der Waals surface area contributed by atoms with Gasteiger partial charge in [-0.1, -0.05) is 20.8 Å². The van der Waals surface area contributed by atoms with Gasteiger partial charge in [-0.2, -0.15) is 0 Å². The molecule has 0 aromatic carbocycles. The zero-order chi connectivity index (χ0) is 12.9. The van der Waals surface area contributed by atoms with Gasteiger partial charge in [0.1, 0.15) is 0 Å². The number of hydrogen-bond acceptors (Lipinski definition) is 2. The predicted octanol–water partition coefficient (Wildman–Crippen LogP) is 2.25. The van der Waals surface area contributed by atoms with Crippen LogP contribution in [-0.2, 0) is 4.79 Å². The van der Waals surface area contributed by atoms with E-state index in [-0.39, 0.29) is 11.9 Å². The Kier molecular flexibility index (Phi) is 6.01. The molecule has 0 aromatic rings. The maximum absolute atomic E-state index is 12.5. The normalized spacial score (nSPS) is 15.3. The van der Waals surface area contributed by atoms with Crippen LogP contribution in [0.25, 0.3) is 0 Å². The second-order valence-corrected chi connectivity index (χ2v) is 5.56. The minimum Gasteiger partial charge on any atom is -0.340 e. The van der Waals surface area contributed by atoms with Crippen LogP contribution in [0.3, 0.4) is 0 Å². The fourth-order valence-corrected chi connectivity index (χ4v) is 1.65. The third kappa shape index (κ3) is 3.78. The molecule has 0 radical (unpaired) electrons. The van der Waals surface area contributed by atoms with Crippen LogP contribution in [-0.4, -0.2) is 29.9 Å². The van der Waals surface area contributed by atoms with Crippen LogP contribution in [0.5, 0.6) is 0 Å². The molecule has 0 spiro atoms. The number of nitrogens with zero attached hydrogens (tertiary/aromatic N) is 1. The molecule has 3 heteroatoms. The summed E-state index contributed by atoms with van der Waals surface area (Å²) in [5.74, 6) is 0.687. The van der Waals surface area contributed by atoms with Crippen molar-refractivity contribution in [1.29, 1.82) is 0 Å². The first-order valence-electron chi connectivity index (χ1n) is 6.29. The fourth-order valence-electron chi connectivity index (χ4n) is 1.65. The van der Waals surface area contributed by atoms with Crippen molar-refractivity contribution in [3.8, 4) is 0 Å². The van der Waals surface area contributed by atoms with E-state index in [4.69, 9.17) is 5.73 Å². The Labute approximate surface area is 100 Å². The van der Waals surface area contributed by atoms with Crippen LogP contribution in [0.2, 0.25) is 0 Å². The van der Waals surface area contributed by atoms with Gasteiger partial charge in [0.2, 0.25) is 5.91 Å². The molecule has 0 aliphatic rings. The van der Waals surface area contributed by atoms with E-state index in [0.717, 1.165) is 13.0 Å². The molecular formula is C13H28N2O. The molecule has 1 unspecified atom stereocenters. The SMILES string of the molecule is CCC(C)(CN)C(=O)N(CC(C)C)C(C)C. The van der Waals surface area contributed by atoms with Gasteiger partial charge in [0.15, 0.2) is 0 Å². The lowest BCUT2D eigenvalue weighted by Gasteiger charge is -2.36. The van der Waals surface area contributed by atoms with Crippen LogP contribution in [0, 0.1) is 11.3 Å². The van der Waals surface area contributed by atoms with Crippen molar-refractivity contribution < 1.29 is 4.79 Å². The van der Waals surface area contributed by atoms with E-state index in [1.54, 1.807) is 0 Å². The van der Waals surface area contributed by atoms with Crippen molar-refractivity contribution in [2.75, 3.05) is 13.1 Å². The van der Waals surface area contributed by atoms with Crippen LogP contribution in [0.15, 0.2) is 0 Å². The quantitative estimate of drug-likeness (QED) is 0.758. The van der Waals surface area contributed by atoms with Crippen LogP contribution in [0.4, 0.5) is 0 Å². The van der Waals surface area contributed by atoms with Gasteiger partial charge in [-0.15, -0.1) is 0 Å². The molecule has 0 aromatic heterocycles. The van der Waals surface area contributed by atoms with Gasteiger partial charge in [0.05, 0.1) is 5.41 Å². The Morgan fingerprint density at radius 3 is 2.06 bits per heavy atom. The van der Waals surface area contributed by atoms with Gasteiger partial charge in [0, 0.05) is 19.1 Å². The topological polar surface area (TPSA) is 46.3 Å². The lowest BCUT2D eigenvalue weighted by molar-refractivity contribution is -0.143. The average Bonchev–Trinajstić information content (AvgIpc) is 2.23. The Morgan fingerprint density at radius 1 is 1.31 bits per heavy atom. The van der Waals surface area contributed by atoms with Crippen LogP contribution < -0.4 is 5.73 Å². The van der Waals surface area contributed by atoms with E-state index >= 15 is 0 Å². The first-order chi connectivity index (χ1) is 7.28. The maximum atomic E-state index is 12.5.